The molecule has 0 amide bonds. The normalized spacial score (nSPS) is 10.2. The van der Waals surface area contributed by atoms with Crippen LogP contribution in [0.15, 0.2) is 34.9 Å². The van der Waals surface area contributed by atoms with Gasteiger partial charge in [-0.2, -0.15) is 0 Å². The molecule has 0 aliphatic carbocycles. The Labute approximate surface area is 74.9 Å². The highest BCUT2D eigenvalue weighted by molar-refractivity contribution is 5.86. The number of carbonyl (C=O) groups excluding carboxylic acids is 1. The van der Waals surface area contributed by atoms with Gasteiger partial charge in [0.25, 0.3) is 0 Å². The SMILES string of the molecule is CC(=O)Oc1coc2ccccc12. The third kappa shape index (κ3) is 1.40. The van der Waals surface area contributed by atoms with Crippen molar-refractivity contribution in [3.63, 3.8) is 0 Å². The van der Waals surface area contributed by atoms with Gasteiger partial charge in [-0.15, -0.1) is 0 Å². The molecule has 1 aromatic carbocycles. The summed E-state index contributed by atoms with van der Waals surface area (Å²) < 4.78 is 10.1. The fourth-order valence-electron chi connectivity index (χ4n) is 1.19. The van der Waals surface area contributed by atoms with Gasteiger partial charge in [-0.1, -0.05) is 12.1 Å². The van der Waals surface area contributed by atoms with Crippen LogP contribution < -0.4 is 4.74 Å². The third-order valence-electron chi connectivity index (χ3n) is 1.70. The zero-order valence-corrected chi connectivity index (χ0v) is 7.11. The van der Waals surface area contributed by atoms with Crippen molar-refractivity contribution in [3.8, 4) is 5.75 Å². The van der Waals surface area contributed by atoms with Crippen LogP contribution in [0.2, 0.25) is 0 Å². The van der Waals surface area contributed by atoms with E-state index in [1.165, 1.54) is 13.2 Å². The number of ether oxygens (including phenoxy) is 1. The largest absolute Gasteiger partial charge is 0.460 e. The standard InChI is InChI=1S/C10H8O3/c1-7(11)13-10-6-12-9-5-3-2-4-8(9)10/h2-6H,1H3. The average Bonchev–Trinajstić information content (AvgIpc) is 2.48. The van der Waals surface area contributed by atoms with Crippen LogP contribution >= 0.6 is 0 Å². The smallest absolute Gasteiger partial charge is 0.308 e. The second-order valence-electron chi connectivity index (χ2n) is 2.69. The number of furan rings is 1. The van der Waals surface area contributed by atoms with E-state index >= 15 is 0 Å². The van der Waals surface area contributed by atoms with Gasteiger partial charge in [0.1, 0.15) is 11.8 Å². The number of carbonyl (C=O) groups is 1. The van der Waals surface area contributed by atoms with Crippen molar-refractivity contribution in [3.05, 3.63) is 30.5 Å². The van der Waals surface area contributed by atoms with Crippen molar-refractivity contribution in [2.75, 3.05) is 0 Å². The molecule has 3 heteroatoms. The van der Waals surface area contributed by atoms with Crippen molar-refractivity contribution in [2.24, 2.45) is 0 Å². The number of esters is 1. The van der Waals surface area contributed by atoms with Crippen LogP contribution in [0.25, 0.3) is 11.0 Å². The first-order valence-corrected chi connectivity index (χ1v) is 3.92. The molecule has 2 rings (SSSR count). The first-order valence-electron chi connectivity index (χ1n) is 3.92. The molecule has 1 aromatic heterocycles. The van der Waals surface area contributed by atoms with Crippen LogP contribution in [-0.2, 0) is 4.79 Å². The number of para-hydroxylation sites is 1. The molecule has 1 heterocycles. The zero-order valence-electron chi connectivity index (χ0n) is 7.11. The molecule has 0 saturated heterocycles. The summed E-state index contributed by atoms with van der Waals surface area (Å²) in [4.78, 5) is 10.7. The van der Waals surface area contributed by atoms with Gasteiger partial charge in [-0.25, -0.2) is 0 Å². The van der Waals surface area contributed by atoms with Gasteiger partial charge in [0, 0.05) is 6.92 Å². The van der Waals surface area contributed by atoms with Crippen LogP contribution in [0, 0.1) is 0 Å². The Balaban J connectivity index is 2.51. The molecule has 0 unspecified atom stereocenters. The molecule has 0 N–H and O–H groups in total. The van der Waals surface area contributed by atoms with E-state index in [4.69, 9.17) is 9.15 Å². The number of hydrogen-bond donors (Lipinski definition) is 0. The molecule has 0 aliphatic heterocycles. The minimum Gasteiger partial charge on any atom is -0.460 e. The van der Waals surface area contributed by atoms with E-state index in [0.29, 0.717) is 5.75 Å². The molecule has 13 heavy (non-hydrogen) atoms. The van der Waals surface area contributed by atoms with E-state index in [1.54, 1.807) is 0 Å². The molecular weight excluding hydrogens is 168 g/mol. The Hall–Kier alpha value is -1.77. The monoisotopic (exact) mass is 176 g/mol. The van der Waals surface area contributed by atoms with Crippen molar-refractivity contribution < 1.29 is 13.9 Å². The van der Waals surface area contributed by atoms with Gasteiger partial charge >= 0.3 is 5.97 Å². The summed E-state index contributed by atoms with van der Waals surface area (Å²) in [6, 6.07) is 7.40. The molecule has 3 nitrogen and oxygen atoms in total. The summed E-state index contributed by atoms with van der Waals surface area (Å²) in [5.74, 6) is 0.134. The predicted octanol–water partition coefficient (Wildman–Crippen LogP) is 2.36. The van der Waals surface area contributed by atoms with Gasteiger partial charge in [0.05, 0.1) is 5.39 Å². The highest BCUT2D eigenvalue weighted by Crippen LogP contribution is 2.27. The fourth-order valence-corrected chi connectivity index (χ4v) is 1.19. The van der Waals surface area contributed by atoms with Crippen LogP contribution in [0.5, 0.6) is 5.75 Å². The molecule has 0 spiro atoms. The average molecular weight is 176 g/mol. The molecule has 0 atom stereocenters. The van der Waals surface area contributed by atoms with Crippen LogP contribution in [0.4, 0.5) is 0 Å². The lowest BCUT2D eigenvalue weighted by Gasteiger charge is -1.95. The minimum absolute atomic E-state index is 0.341. The van der Waals surface area contributed by atoms with Crippen molar-refractivity contribution in [1.82, 2.24) is 0 Å². The van der Waals surface area contributed by atoms with Gasteiger partial charge < -0.3 is 9.15 Å². The highest BCUT2D eigenvalue weighted by atomic mass is 16.5. The Bertz CT molecular complexity index is 442. The summed E-state index contributed by atoms with van der Waals surface area (Å²) in [6.07, 6.45) is 1.44. The van der Waals surface area contributed by atoms with E-state index in [1.807, 2.05) is 24.3 Å². The van der Waals surface area contributed by atoms with Crippen LogP contribution in [0.1, 0.15) is 6.92 Å². The second kappa shape index (κ2) is 2.94. The molecule has 0 saturated carbocycles. The highest BCUT2D eigenvalue weighted by Gasteiger charge is 2.07. The van der Waals surface area contributed by atoms with Crippen LogP contribution in [0.3, 0.4) is 0 Å². The second-order valence-corrected chi connectivity index (χ2v) is 2.69. The lowest BCUT2D eigenvalue weighted by molar-refractivity contribution is -0.131. The van der Waals surface area contributed by atoms with Crippen LogP contribution in [-0.4, -0.2) is 5.97 Å². The van der Waals surface area contributed by atoms with Crippen molar-refractivity contribution in [1.29, 1.82) is 0 Å². The Morgan fingerprint density at radius 2 is 2.15 bits per heavy atom. The summed E-state index contributed by atoms with van der Waals surface area (Å²) in [5, 5.41) is 0.817. The van der Waals surface area contributed by atoms with E-state index < -0.39 is 0 Å². The minimum atomic E-state index is -0.341. The van der Waals surface area contributed by atoms with E-state index in [9.17, 15) is 4.79 Å². The van der Waals surface area contributed by atoms with Gasteiger partial charge in [0.2, 0.25) is 0 Å². The van der Waals surface area contributed by atoms with Crippen molar-refractivity contribution in [2.45, 2.75) is 6.92 Å². The lowest BCUT2D eigenvalue weighted by atomic mass is 10.2. The molecule has 0 aliphatic rings. The summed E-state index contributed by atoms with van der Waals surface area (Å²) in [5.41, 5.74) is 0.721. The maximum Gasteiger partial charge on any atom is 0.308 e. The number of benzene rings is 1. The Morgan fingerprint density at radius 1 is 1.38 bits per heavy atom. The Morgan fingerprint density at radius 3 is 2.92 bits per heavy atom. The molecule has 0 bridgehead atoms. The summed E-state index contributed by atoms with van der Waals surface area (Å²) in [7, 11) is 0. The van der Waals surface area contributed by atoms with Gasteiger partial charge in [-0.05, 0) is 12.1 Å². The molecular formula is C10H8O3. The third-order valence-corrected chi connectivity index (χ3v) is 1.70. The van der Waals surface area contributed by atoms with E-state index in [-0.39, 0.29) is 5.97 Å². The Kier molecular flexibility index (Phi) is 1.77. The topological polar surface area (TPSA) is 39.4 Å². The molecule has 2 aromatic rings. The van der Waals surface area contributed by atoms with E-state index in [2.05, 4.69) is 0 Å². The molecule has 66 valence electrons. The summed E-state index contributed by atoms with van der Waals surface area (Å²) in [6.45, 7) is 1.36. The number of fused-ring (bicyclic) bond motifs is 1. The predicted molar refractivity (Wildman–Crippen MR) is 47.5 cm³/mol. The maximum atomic E-state index is 10.7. The molecule has 0 radical (unpaired) electrons. The first-order chi connectivity index (χ1) is 6.27. The number of hydrogen-bond acceptors (Lipinski definition) is 3. The summed E-state index contributed by atoms with van der Waals surface area (Å²) >= 11 is 0. The quantitative estimate of drug-likeness (QED) is 0.626. The lowest BCUT2D eigenvalue weighted by Crippen LogP contribution is -2.00. The zero-order chi connectivity index (χ0) is 9.26. The van der Waals surface area contributed by atoms with Crippen molar-refractivity contribution >= 4 is 16.9 Å². The first kappa shape index (κ1) is 7.86. The number of rotatable bonds is 1. The maximum absolute atomic E-state index is 10.7. The van der Waals surface area contributed by atoms with E-state index in [0.717, 1.165) is 11.0 Å². The van der Waals surface area contributed by atoms with Gasteiger partial charge in [0.15, 0.2) is 5.75 Å². The molecule has 0 fully saturated rings. The van der Waals surface area contributed by atoms with Gasteiger partial charge in [-0.3, -0.25) is 4.79 Å². The fraction of sp³-hybridized carbons (Fsp3) is 0.100.